The summed E-state index contributed by atoms with van der Waals surface area (Å²) in [5, 5.41) is 19.5. The minimum Gasteiger partial charge on any atom is -1.00 e. The van der Waals surface area contributed by atoms with Crippen LogP contribution in [0.1, 0.15) is 5.56 Å². The molecule has 0 atom stereocenters. The molecule has 0 radical (unpaired) electrons. The molecule has 0 unspecified atom stereocenters. The van der Waals surface area contributed by atoms with Crippen LogP contribution in [0.4, 0.5) is 24.5 Å². The van der Waals surface area contributed by atoms with Gasteiger partial charge in [-0.25, -0.2) is 0 Å². The number of halogens is 4. The second kappa shape index (κ2) is 7.80. The number of rotatable bonds is 4. The van der Waals surface area contributed by atoms with Crippen LogP contribution in [0.2, 0.25) is 0 Å². The van der Waals surface area contributed by atoms with Crippen molar-refractivity contribution in [3.05, 3.63) is 33.9 Å². The lowest BCUT2D eigenvalue weighted by Crippen LogP contribution is -3.00. The van der Waals surface area contributed by atoms with Crippen LogP contribution in [0.25, 0.3) is 0 Å². The van der Waals surface area contributed by atoms with Gasteiger partial charge in [-0.1, -0.05) is 0 Å². The topological polar surface area (TPSA) is 69.9 Å². The Labute approximate surface area is 137 Å². The number of hydrogen-bond donors (Lipinski definition) is 1. The first-order valence-corrected chi connectivity index (χ1v) is 6.76. The van der Waals surface area contributed by atoms with E-state index >= 15 is 0 Å². The molecule has 0 bridgehead atoms. The van der Waals surface area contributed by atoms with Gasteiger partial charge in [0.05, 0.1) is 17.1 Å². The average molecular weight is 355 g/mol. The van der Waals surface area contributed by atoms with Gasteiger partial charge in [0.25, 0.3) is 5.69 Å². The van der Waals surface area contributed by atoms with Crippen molar-refractivity contribution in [1.82, 2.24) is 4.90 Å². The maximum atomic E-state index is 13.2. The van der Waals surface area contributed by atoms with Gasteiger partial charge in [-0.2, -0.15) is 13.2 Å². The maximum absolute atomic E-state index is 13.2. The number of benzene rings is 1. The molecule has 1 aliphatic heterocycles. The van der Waals surface area contributed by atoms with E-state index in [0.717, 1.165) is 12.1 Å². The summed E-state index contributed by atoms with van der Waals surface area (Å²) in [6, 6.07) is 2.82. The third-order valence-electron chi connectivity index (χ3n) is 3.63. The van der Waals surface area contributed by atoms with Crippen LogP contribution < -0.4 is 17.3 Å². The monoisotopic (exact) mass is 354 g/mol. The number of alkyl halides is 3. The van der Waals surface area contributed by atoms with E-state index < -0.39 is 22.4 Å². The first-order valence-electron chi connectivity index (χ1n) is 6.76. The van der Waals surface area contributed by atoms with Crippen molar-refractivity contribution in [2.75, 3.05) is 44.2 Å². The molecule has 23 heavy (non-hydrogen) atoms. The Bertz CT molecular complexity index is 549. The summed E-state index contributed by atoms with van der Waals surface area (Å²) in [5.41, 5.74) is -1.60. The maximum Gasteiger partial charge on any atom is 0.418 e. The van der Waals surface area contributed by atoms with E-state index in [4.69, 9.17) is 5.11 Å². The molecule has 1 N–H and O–H groups in total. The average Bonchev–Trinajstić information content (AvgIpc) is 2.47. The zero-order valence-electron chi connectivity index (χ0n) is 12.1. The van der Waals surface area contributed by atoms with Crippen LogP contribution in [-0.4, -0.2) is 54.3 Å². The molecule has 1 aromatic carbocycles. The molecule has 1 heterocycles. The number of hydrogen-bond acceptors (Lipinski definition) is 5. The van der Waals surface area contributed by atoms with Gasteiger partial charge < -0.3 is 22.4 Å². The van der Waals surface area contributed by atoms with Crippen molar-refractivity contribution < 1.29 is 35.6 Å². The van der Waals surface area contributed by atoms with Gasteiger partial charge in [-0.3, -0.25) is 15.0 Å². The summed E-state index contributed by atoms with van der Waals surface area (Å²) in [6.07, 6.45) is -4.65. The summed E-state index contributed by atoms with van der Waals surface area (Å²) >= 11 is 0. The van der Waals surface area contributed by atoms with Crippen LogP contribution in [-0.2, 0) is 6.18 Å². The van der Waals surface area contributed by atoms with Gasteiger partial charge in [0.2, 0.25) is 0 Å². The lowest BCUT2D eigenvalue weighted by molar-refractivity contribution is -0.385. The van der Waals surface area contributed by atoms with Crippen molar-refractivity contribution in [3.63, 3.8) is 0 Å². The summed E-state index contributed by atoms with van der Waals surface area (Å²) in [4.78, 5) is 13.4. The number of β-amino-alcohol motifs (C(OH)–C–C–N with tert-alkyl or cyclic N) is 1. The highest BCUT2D eigenvalue weighted by atomic mass is 35.5. The van der Waals surface area contributed by atoms with Crippen molar-refractivity contribution in [3.8, 4) is 0 Å². The number of anilines is 1. The number of nitrogens with zero attached hydrogens (tertiary/aromatic N) is 3. The summed E-state index contributed by atoms with van der Waals surface area (Å²) in [7, 11) is 0. The largest absolute Gasteiger partial charge is 1.00 e. The van der Waals surface area contributed by atoms with Crippen LogP contribution in [0.5, 0.6) is 0 Å². The van der Waals surface area contributed by atoms with E-state index in [-0.39, 0.29) is 24.7 Å². The van der Waals surface area contributed by atoms with Gasteiger partial charge in [-0.05, 0) is 6.07 Å². The summed E-state index contributed by atoms with van der Waals surface area (Å²) in [5.74, 6) is 0. The van der Waals surface area contributed by atoms with Gasteiger partial charge in [-0.15, -0.1) is 0 Å². The molecule has 0 amide bonds. The fraction of sp³-hybridized carbons (Fsp3) is 0.538. The van der Waals surface area contributed by atoms with Gasteiger partial charge >= 0.3 is 6.18 Å². The Balaban J connectivity index is 0.00000264. The van der Waals surface area contributed by atoms with Crippen LogP contribution in [0.15, 0.2) is 18.2 Å². The third-order valence-corrected chi connectivity index (χ3v) is 3.63. The molecule has 10 heteroatoms. The smallest absolute Gasteiger partial charge is 0.418 e. The van der Waals surface area contributed by atoms with Gasteiger partial charge in [0, 0.05) is 50.5 Å². The highest BCUT2D eigenvalue weighted by Crippen LogP contribution is 2.39. The van der Waals surface area contributed by atoms with E-state index in [1.165, 1.54) is 0 Å². The molecular formula is C13H16ClF3N3O3-. The Morgan fingerprint density at radius 2 is 1.83 bits per heavy atom. The lowest BCUT2D eigenvalue weighted by Gasteiger charge is -2.36. The Kier molecular flexibility index (Phi) is 6.60. The lowest BCUT2D eigenvalue weighted by atomic mass is 10.1. The predicted octanol–water partition coefficient (Wildman–Crippen LogP) is -1.27. The van der Waals surface area contributed by atoms with E-state index in [1.54, 1.807) is 4.90 Å². The molecule has 1 saturated heterocycles. The molecule has 1 aliphatic rings. The fourth-order valence-corrected chi connectivity index (χ4v) is 2.49. The zero-order valence-corrected chi connectivity index (χ0v) is 12.8. The first kappa shape index (κ1) is 19.5. The van der Waals surface area contributed by atoms with E-state index in [1.807, 2.05) is 4.90 Å². The molecule has 6 nitrogen and oxygen atoms in total. The van der Waals surface area contributed by atoms with Crippen molar-refractivity contribution >= 4 is 11.4 Å². The molecule has 1 aromatic rings. The number of nitro groups is 1. The SMILES string of the molecule is O=[N+]([O-])c1ccc(N2CCN(CCO)CC2)c(C(F)(F)F)c1.[Cl-]. The summed E-state index contributed by atoms with van der Waals surface area (Å²) in [6.45, 7) is 2.32. The van der Waals surface area contributed by atoms with Gasteiger partial charge in [0.15, 0.2) is 0 Å². The number of nitro benzene ring substituents is 1. The number of aliphatic hydroxyl groups is 1. The Morgan fingerprint density at radius 3 is 2.30 bits per heavy atom. The van der Waals surface area contributed by atoms with Crippen LogP contribution in [0, 0.1) is 10.1 Å². The van der Waals surface area contributed by atoms with Crippen LogP contribution in [0.3, 0.4) is 0 Å². The number of piperazine rings is 1. The van der Waals surface area contributed by atoms with Gasteiger partial charge in [0.1, 0.15) is 0 Å². The number of aliphatic hydroxyl groups excluding tert-OH is 1. The van der Waals surface area contributed by atoms with E-state index in [0.29, 0.717) is 38.8 Å². The highest BCUT2D eigenvalue weighted by Gasteiger charge is 2.37. The van der Waals surface area contributed by atoms with Crippen molar-refractivity contribution in [2.45, 2.75) is 6.18 Å². The quantitative estimate of drug-likeness (QED) is 0.539. The Hall–Kier alpha value is -1.58. The summed E-state index contributed by atoms with van der Waals surface area (Å²) < 4.78 is 39.5. The fourth-order valence-electron chi connectivity index (χ4n) is 2.49. The predicted molar refractivity (Wildman–Crippen MR) is 73.8 cm³/mol. The molecule has 2 rings (SSSR count). The minimum absolute atomic E-state index is 0. The minimum atomic E-state index is -4.65. The standard InChI is InChI=1S/C13H16F3N3O3.ClH/c14-13(15,16)11-9-10(19(21)22)1-2-12(11)18-5-3-17(4-6-18)7-8-20;/h1-2,9,20H,3-8H2;1H/p-1. The molecule has 0 aliphatic carbocycles. The normalized spacial score (nSPS) is 16.1. The van der Waals surface area contributed by atoms with Crippen molar-refractivity contribution in [2.24, 2.45) is 0 Å². The van der Waals surface area contributed by atoms with Crippen molar-refractivity contribution in [1.29, 1.82) is 0 Å². The molecule has 0 aromatic heterocycles. The second-order valence-electron chi connectivity index (χ2n) is 5.01. The first-order chi connectivity index (χ1) is 10.3. The highest BCUT2D eigenvalue weighted by molar-refractivity contribution is 5.59. The zero-order chi connectivity index (χ0) is 16.3. The molecular weight excluding hydrogens is 339 g/mol. The van der Waals surface area contributed by atoms with E-state index in [9.17, 15) is 23.3 Å². The molecule has 130 valence electrons. The molecule has 1 fully saturated rings. The van der Waals surface area contributed by atoms with E-state index in [2.05, 4.69) is 0 Å². The Morgan fingerprint density at radius 1 is 1.22 bits per heavy atom. The number of non-ortho nitro benzene ring substituents is 1. The second-order valence-corrected chi connectivity index (χ2v) is 5.01. The third kappa shape index (κ3) is 4.69. The molecule has 0 saturated carbocycles. The van der Waals surface area contributed by atoms with Crippen LogP contribution >= 0.6 is 0 Å². The molecule has 0 spiro atoms.